The van der Waals surface area contributed by atoms with E-state index in [1.54, 1.807) is 25.2 Å². The van der Waals surface area contributed by atoms with Crippen LogP contribution in [0.2, 0.25) is 0 Å². The predicted molar refractivity (Wildman–Crippen MR) is 113 cm³/mol. The third-order valence-corrected chi connectivity index (χ3v) is 3.87. The number of guanidine groups is 1. The fraction of sp³-hybridized carbons (Fsp3) is 0.316. The molecular weight excluding hydrogens is 467 g/mol. The van der Waals surface area contributed by atoms with Gasteiger partial charge in [-0.1, -0.05) is 48.5 Å². The molecule has 0 heterocycles. The molecule has 0 aliphatic rings. The Balaban J connectivity index is 0.00000364. The Morgan fingerprint density at radius 1 is 1.07 bits per heavy atom. The highest BCUT2D eigenvalue weighted by Crippen LogP contribution is 2.20. The van der Waals surface area contributed by atoms with Crippen LogP contribution in [0.25, 0.3) is 0 Å². The van der Waals surface area contributed by atoms with E-state index in [4.69, 9.17) is 0 Å². The Morgan fingerprint density at radius 3 is 2.37 bits per heavy atom. The van der Waals surface area contributed by atoms with Gasteiger partial charge in [0.25, 0.3) is 0 Å². The van der Waals surface area contributed by atoms with Gasteiger partial charge in [0.2, 0.25) is 0 Å². The van der Waals surface area contributed by atoms with E-state index in [-0.39, 0.29) is 48.8 Å². The summed E-state index contributed by atoms with van der Waals surface area (Å²) < 4.78 is 29.5. The molecule has 0 amide bonds. The lowest BCUT2D eigenvalue weighted by atomic mass is 10.0. The maximum atomic E-state index is 12.5. The zero-order valence-corrected chi connectivity index (χ0v) is 17.3. The highest BCUT2D eigenvalue weighted by molar-refractivity contribution is 14.0. The fourth-order valence-corrected chi connectivity index (χ4v) is 2.49. The Bertz CT molecular complexity index is 702. The van der Waals surface area contributed by atoms with E-state index in [0.717, 1.165) is 5.56 Å². The third kappa shape index (κ3) is 7.67. The summed E-state index contributed by atoms with van der Waals surface area (Å²) in [5.74, 6) is 0.554. The minimum absolute atomic E-state index is 0. The van der Waals surface area contributed by atoms with Gasteiger partial charge < -0.3 is 20.5 Å². The average molecular weight is 491 g/mol. The van der Waals surface area contributed by atoms with Crippen molar-refractivity contribution in [3.8, 4) is 5.75 Å². The molecule has 3 N–H and O–H groups in total. The number of nitrogens with zero attached hydrogens (tertiary/aromatic N) is 1. The molecule has 5 nitrogen and oxygen atoms in total. The van der Waals surface area contributed by atoms with Gasteiger partial charge in [0.15, 0.2) is 5.96 Å². The second kappa shape index (κ2) is 12.4. The van der Waals surface area contributed by atoms with Gasteiger partial charge in [-0.15, -0.1) is 24.0 Å². The number of aliphatic hydroxyl groups is 1. The number of benzene rings is 2. The van der Waals surface area contributed by atoms with Crippen LogP contribution in [-0.2, 0) is 6.54 Å². The topological polar surface area (TPSA) is 65.9 Å². The zero-order valence-electron chi connectivity index (χ0n) is 14.9. The molecule has 0 aromatic heterocycles. The lowest BCUT2D eigenvalue weighted by Gasteiger charge is -2.18. The van der Waals surface area contributed by atoms with Crippen molar-refractivity contribution in [3.05, 3.63) is 65.7 Å². The first kappa shape index (κ1) is 23.1. The Kier molecular flexibility index (Phi) is 10.6. The van der Waals surface area contributed by atoms with E-state index in [1.165, 1.54) is 6.07 Å². The molecule has 0 saturated carbocycles. The molecule has 0 aliphatic carbocycles. The number of hydrogen-bond acceptors (Lipinski definition) is 3. The molecule has 0 saturated heterocycles. The Labute approximate surface area is 174 Å². The second-order valence-electron chi connectivity index (χ2n) is 5.58. The van der Waals surface area contributed by atoms with E-state index < -0.39 is 6.61 Å². The number of aliphatic hydroxyl groups excluding tert-OH is 1. The van der Waals surface area contributed by atoms with E-state index >= 15 is 0 Å². The summed E-state index contributed by atoms with van der Waals surface area (Å²) in [4.78, 5) is 4.12. The molecule has 0 radical (unpaired) electrons. The van der Waals surface area contributed by atoms with Gasteiger partial charge >= 0.3 is 6.61 Å². The van der Waals surface area contributed by atoms with Crippen molar-refractivity contribution in [3.63, 3.8) is 0 Å². The molecule has 2 aromatic carbocycles. The predicted octanol–water partition coefficient (Wildman–Crippen LogP) is 3.35. The highest BCUT2D eigenvalue weighted by atomic mass is 127. The normalized spacial score (nSPS) is 12.3. The van der Waals surface area contributed by atoms with Crippen molar-refractivity contribution in [2.24, 2.45) is 4.99 Å². The lowest BCUT2D eigenvalue weighted by molar-refractivity contribution is -0.0504. The molecule has 27 heavy (non-hydrogen) atoms. The van der Waals surface area contributed by atoms with Gasteiger partial charge in [-0.3, -0.25) is 4.99 Å². The standard InChI is InChI=1S/C19H23F2N3O2.HI/c1-22-19(24-12-16(13-25)14-7-3-2-4-8-14)23-11-15-9-5-6-10-17(15)26-18(20)21;/h2-10,16,18,25H,11-13H2,1H3,(H2,22,23,24);1H. The minimum atomic E-state index is -2.87. The maximum absolute atomic E-state index is 12.5. The van der Waals surface area contributed by atoms with Crippen LogP contribution < -0.4 is 15.4 Å². The molecule has 2 rings (SSSR count). The van der Waals surface area contributed by atoms with Crippen molar-refractivity contribution in [2.45, 2.75) is 19.1 Å². The summed E-state index contributed by atoms with van der Waals surface area (Å²) >= 11 is 0. The summed E-state index contributed by atoms with van der Waals surface area (Å²) in [6.07, 6.45) is 0. The van der Waals surface area contributed by atoms with Crippen molar-refractivity contribution < 1.29 is 18.6 Å². The van der Waals surface area contributed by atoms with E-state index in [2.05, 4.69) is 20.4 Å². The van der Waals surface area contributed by atoms with Gasteiger partial charge in [-0.25, -0.2) is 0 Å². The molecule has 0 bridgehead atoms. The van der Waals surface area contributed by atoms with Crippen LogP contribution >= 0.6 is 24.0 Å². The quantitative estimate of drug-likeness (QED) is 0.301. The summed E-state index contributed by atoms with van der Waals surface area (Å²) in [5, 5.41) is 15.8. The summed E-state index contributed by atoms with van der Waals surface area (Å²) in [6, 6.07) is 16.3. The summed E-state index contributed by atoms with van der Waals surface area (Å²) in [6.45, 7) is -2.11. The maximum Gasteiger partial charge on any atom is 0.387 e. The molecule has 0 fully saturated rings. The van der Waals surface area contributed by atoms with Crippen molar-refractivity contribution in [1.82, 2.24) is 10.6 Å². The number of ether oxygens (including phenoxy) is 1. The number of halogens is 3. The van der Waals surface area contributed by atoms with Crippen LogP contribution in [0.15, 0.2) is 59.6 Å². The third-order valence-electron chi connectivity index (χ3n) is 3.87. The molecule has 0 spiro atoms. The van der Waals surface area contributed by atoms with Crippen molar-refractivity contribution in [2.75, 3.05) is 20.2 Å². The van der Waals surface area contributed by atoms with Gasteiger partial charge in [0.1, 0.15) is 5.75 Å². The van der Waals surface area contributed by atoms with Crippen LogP contribution in [0.5, 0.6) is 5.75 Å². The first-order valence-corrected chi connectivity index (χ1v) is 8.27. The van der Waals surface area contributed by atoms with Crippen molar-refractivity contribution >= 4 is 29.9 Å². The first-order chi connectivity index (χ1) is 12.6. The van der Waals surface area contributed by atoms with Crippen LogP contribution in [0.3, 0.4) is 0 Å². The summed E-state index contributed by atoms with van der Waals surface area (Å²) in [7, 11) is 1.62. The minimum Gasteiger partial charge on any atom is -0.434 e. The molecule has 1 unspecified atom stereocenters. The number of para-hydroxylation sites is 1. The number of aliphatic imine (C=N–C) groups is 1. The highest BCUT2D eigenvalue weighted by Gasteiger charge is 2.12. The zero-order chi connectivity index (χ0) is 18.8. The fourth-order valence-electron chi connectivity index (χ4n) is 2.49. The molecule has 2 aromatic rings. The van der Waals surface area contributed by atoms with Crippen LogP contribution in [0.4, 0.5) is 8.78 Å². The largest absolute Gasteiger partial charge is 0.434 e. The molecule has 148 valence electrons. The molecule has 8 heteroatoms. The van der Waals surface area contributed by atoms with E-state index in [0.29, 0.717) is 18.1 Å². The van der Waals surface area contributed by atoms with Gasteiger partial charge in [-0.2, -0.15) is 8.78 Å². The Hall–Kier alpha value is -1.94. The van der Waals surface area contributed by atoms with E-state index in [9.17, 15) is 13.9 Å². The second-order valence-corrected chi connectivity index (χ2v) is 5.58. The SMILES string of the molecule is CN=C(NCc1ccccc1OC(F)F)NCC(CO)c1ccccc1.I. The first-order valence-electron chi connectivity index (χ1n) is 8.27. The Morgan fingerprint density at radius 2 is 1.74 bits per heavy atom. The molecular formula is C19H24F2IN3O2. The lowest BCUT2D eigenvalue weighted by Crippen LogP contribution is -2.39. The van der Waals surface area contributed by atoms with Crippen LogP contribution in [0, 0.1) is 0 Å². The molecule has 1 atom stereocenters. The van der Waals surface area contributed by atoms with Crippen LogP contribution in [0.1, 0.15) is 17.0 Å². The van der Waals surface area contributed by atoms with Gasteiger partial charge in [0.05, 0.1) is 6.61 Å². The number of alkyl halides is 2. The number of nitrogens with one attached hydrogen (secondary N) is 2. The molecule has 0 aliphatic heterocycles. The van der Waals surface area contributed by atoms with Crippen LogP contribution in [-0.4, -0.2) is 37.9 Å². The summed E-state index contributed by atoms with van der Waals surface area (Å²) in [5.41, 5.74) is 1.62. The average Bonchev–Trinajstić information content (AvgIpc) is 2.66. The smallest absolute Gasteiger partial charge is 0.387 e. The van der Waals surface area contributed by atoms with Crippen molar-refractivity contribution in [1.29, 1.82) is 0 Å². The monoisotopic (exact) mass is 491 g/mol. The van der Waals surface area contributed by atoms with E-state index in [1.807, 2.05) is 30.3 Å². The number of rotatable bonds is 8. The van der Waals surface area contributed by atoms with Gasteiger partial charge in [0, 0.05) is 31.6 Å². The number of hydrogen-bond donors (Lipinski definition) is 3. The van der Waals surface area contributed by atoms with Gasteiger partial charge in [-0.05, 0) is 11.6 Å².